The van der Waals surface area contributed by atoms with Crippen LogP contribution < -0.4 is 5.19 Å². The van der Waals surface area contributed by atoms with Crippen molar-refractivity contribution in [3.63, 3.8) is 0 Å². The van der Waals surface area contributed by atoms with Crippen LogP contribution >= 0.6 is 0 Å². The molecule has 0 saturated heterocycles. The van der Waals surface area contributed by atoms with Crippen LogP contribution in [0.25, 0.3) is 0 Å². The summed E-state index contributed by atoms with van der Waals surface area (Å²) in [5.41, 5.74) is 1.42. The first-order chi connectivity index (χ1) is 6.38. The highest BCUT2D eigenvalue weighted by molar-refractivity contribution is 6.51. The maximum absolute atomic E-state index is 4.98. The zero-order valence-electron chi connectivity index (χ0n) is 7.84. The summed E-state index contributed by atoms with van der Waals surface area (Å²) >= 11 is 0. The van der Waals surface area contributed by atoms with E-state index in [1.807, 2.05) is 0 Å². The molecule has 1 aromatic rings. The molecular formula is C10H13OSi2. The van der Waals surface area contributed by atoms with Gasteiger partial charge in [-0.1, -0.05) is 37.6 Å². The average Bonchev–Trinajstić information content (AvgIpc) is 2.17. The lowest BCUT2D eigenvalue weighted by Gasteiger charge is -2.06. The van der Waals surface area contributed by atoms with Crippen LogP contribution in [0.2, 0.25) is 0 Å². The number of hydrogen-bond donors (Lipinski definition) is 0. The predicted molar refractivity (Wildman–Crippen MR) is 57.3 cm³/mol. The molecule has 0 saturated carbocycles. The van der Waals surface area contributed by atoms with Crippen LogP contribution in [0.4, 0.5) is 0 Å². The smallest absolute Gasteiger partial charge is 0.256 e. The molecule has 0 aromatic heterocycles. The molecule has 0 fully saturated rings. The Kier molecular flexibility index (Phi) is 5.04. The topological polar surface area (TPSA) is 9.23 Å². The Morgan fingerprint density at radius 1 is 1.38 bits per heavy atom. The van der Waals surface area contributed by atoms with E-state index < -0.39 is 0 Å². The molecule has 0 aliphatic carbocycles. The summed E-state index contributed by atoms with van der Waals surface area (Å²) in [5.74, 6) is 0. The normalized spacial score (nSPS) is 10.3. The van der Waals surface area contributed by atoms with E-state index in [2.05, 4.69) is 41.7 Å². The van der Waals surface area contributed by atoms with E-state index in [1.165, 1.54) is 23.6 Å². The van der Waals surface area contributed by atoms with Crippen molar-refractivity contribution < 1.29 is 4.12 Å². The van der Waals surface area contributed by atoms with E-state index in [-0.39, 0.29) is 0 Å². The largest absolute Gasteiger partial charge is 0.454 e. The first-order valence-corrected chi connectivity index (χ1v) is 5.86. The number of aryl methyl sites for hydroxylation is 1. The van der Waals surface area contributed by atoms with E-state index in [9.17, 15) is 0 Å². The second kappa shape index (κ2) is 6.13. The van der Waals surface area contributed by atoms with Crippen LogP contribution in [0.1, 0.15) is 25.3 Å². The predicted octanol–water partition coefficient (Wildman–Crippen LogP) is 1.37. The van der Waals surface area contributed by atoms with E-state index in [0.717, 1.165) is 6.42 Å². The molecule has 0 bridgehead atoms. The Hall–Kier alpha value is -0.386. The zero-order chi connectivity index (χ0) is 9.52. The number of benzene rings is 1. The molecule has 0 aliphatic heterocycles. The molecule has 0 spiro atoms. The highest BCUT2D eigenvalue weighted by Crippen LogP contribution is 2.01. The van der Waals surface area contributed by atoms with Gasteiger partial charge in [0.05, 0.1) is 0 Å². The summed E-state index contributed by atoms with van der Waals surface area (Å²) in [5, 5.41) is 1.31. The molecule has 1 aromatic carbocycles. The third kappa shape index (κ3) is 3.46. The summed E-state index contributed by atoms with van der Waals surface area (Å²) in [6.45, 7) is 2.21. The maximum Gasteiger partial charge on any atom is 0.256 e. The SMILES string of the molecule is CCCCc1ccccc1[Si]O[Si]. The van der Waals surface area contributed by atoms with Crippen molar-refractivity contribution in [3.8, 4) is 0 Å². The van der Waals surface area contributed by atoms with Crippen molar-refractivity contribution in [1.82, 2.24) is 0 Å². The van der Waals surface area contributed by atoms with Gasteiger partial charge < -0.3 is 4.12 Å². The Morgan fingerprint density at radius 3 is 2.85 bits per heavy atom. The standard InChI is InChI=1S/C10H13OSi2/c1-2-3-6-9-7-4-5-8-10(9)13-11-12/h4-5,7-8H,2-3,6H2,1H3. The van der Waals surface area contributed by atoms with E-state index in [0.29, 0.717) is 9.76 Å². The molecule has 0 N–H and O–H groups in total. The number of rotatable bonds is 5. The fourth-order valence-electron chi connectivity index (χ4n) is 1.26. The molecular weight excluding hydrogens is 192 g/mol. The quantitative estimate of drug-likeness (QED) is 0.660. The fraction of sp³-hybridized carbons (Fsp3) is 0.400. The third-order valence-electron chi connectivity index (χ3n) is 1.98. The molecule has 13 heavy (non-hydrogen) atoms. The maximum atomic E-state index is 4.98. The minimum atomic E-state index is 0.411. The van der Waals surface area contributed by atoms with Crippen molar-refractivity contribution in [2.45, 2.75) is 26.2 Å². The molecule has 0 unspecified atom stereocenters. The van der Waals surface area contributed by atoms with Crippen molar-refractivity contribution in [2.75, 3.05) is 0 Å². The van der Waals surface area contributed by atoms with E-state index >= 15 is 0 Å². The van der Waals surface area contributed by atoms with Crippen LogP contribution in [0.15, 0.2) is 24.3 Å². The number of unbranched alkanes of at least 4 members (excludes halogenated alkanes) is 1. The average molecular weight is 205 g/mol. The van der Waals surface area contributed by atoms with Crippen LogP contribution in [0.3, 0.4) is 0 Å². The summed E-state index contributed by atoms with van der Waals surface area (Å²) in [4.78, 5) is 0. The van der Waals surface area contributed by atoms with E-state index in [1.54, 1.807) is 0 Å². The summed E-state index contributed by atoms with van der Waals surface area (Å²) in [6, 6.07) is 8.46. The molecule has 0 atom stereocenters. The first-order valence-electron chi connectivity index (χ1n) is 4.55. The third-order valence-corrected chi connectivity index (χ3v) is 3.09. The Bertz CT molecular complexity index is 250. The molecule has 67 valence electrons. The van der Waals surface area contributed by atoms with Gasteiger partial charge in [-0.3, -0.25) is 0 Å². The highest BCUT2D eigenvalue weighted by atomic mass is 28.3. The van der Waals surface area contributed by atoms with E-state index in [4.69, 9.17) is 4.12 Å². The van der Waals surface area contributed by atoms with Gasteiger partial charge >= 0.3 is 0 Å². The van der Waals surface area contributed by atoms with Crippen LogP contribution in [0.5, 0.6) is 0 Å². The van der Waals surface area contributed by atoms with Gasteiger partial charge in [0.15, 0.2) is 0 Å². The van der Waals surface area contributed by atoms with Crippen molar-refractivity contribution in [1.29, 1.82) is 0 Å². The molecule has 0 amide bonds. The molecule has 0 heterocycles. The number of hydrogen-bond acceptors (Lipinski definition) is 1. The lowest BCUT2D eigenvalue weighted by molar-refractivity contribution is 0.675. The summed E-state index contributed by atoms with van der Waals surface area (Å²) in [6.07, 6.45) is 3.66. The van der Waals surface area contributed by atoms with Gasteiger partial charge in [-0.15, -0.1) is 0 Å². The lowest BCUT2D eigenvalue weighted by Crippen LogP contribution is -2.21. The minimum Gasteiger partial charge on any atom is -0.454 e. The van der Waals surface area contributed by atoms with Gasteiger partial charge in [0, 0.05) is 0 Å². The highest BCUT2D eigenvalue weighted by Gasteiger charge is 2.01. The van der Waals surface area contributed by atoms with Gasteiger partial charge in [-0.2, -0.15) is 0 Å². The zero-order valence-corrected chi connectivity index (χ0v) is 9.84. The second-order valence-electron chi connectivity index (χ2n) is 2.96. The molecule has 3 heteroatoms. The Morgan fingerprint density at radius 2 is 2.15 bits per heavy atom. The summed E-state index contributed by atoms with van der Waals surface area (Å²) < 4.78 is 4.98. The minimum absolute atomic E-state index is 0.411. The Labute approximate surface area is 86.0 Å². The second-order valence-corrected chi connectivity index (χ2v) is 4.52. The molecule has 5 radical (unpaired) electrons. The first kappa shape index (κ1) is 10.7. The summed E-state index contributed by atoms with van der Waals surface area (Å²) in [7, 11) is 3.46. The Balaban J connectivity index is 2.66. The molecule has 0 aliphatic rings. The van der Waals surface area contributed by atoms with Gasteiger partial charge in [0.25, 0.3) is 9.76 Å². The van der Waals surface area contributed by atoms with Crippen molar-refractivity contribution >= 4 is 25.4 Å². The van der Waals surface area contributed by atoms with Crippen molar-refractivity contribution in [2.24, 2.45) is 0 Å². The van der Waals surface area contributed by atoms with Crippen molar-refractivity contribution in [3.05, 3.63) is 29.8 Å². The molecule has 1 rings (SSSR count). The van der Waals surface area contributed by atoms with Gasteiger partial charge in [0.1, 0.15) is 0 Å². The van der Waals surface area contributed by atoms with Gasteiger partial charge in [-0.05, 0) is 23.6 Å². The fourth-order valence-corrected chi connectivity index (χ4v) is 2.20. The van der Waals surface area contributed by atoms with Gasteiger partial charge in [-0.25, -0.2) is 0 Å². The van der Waals surface area contributed by atoms with Crippen LogP contribution in [-0.2, 0) is 10.5 Å². The monoisotopic (exact) mass is 205 g/mol. The molecule has 1 nitrogen and oxygen atoms in total. The van der Waals surface area contributed by atoms with Crippen LogP contribution in [0, 0.1) is 0 Å². The lowest BCUT2D eigenvalue weighted by atomic mass is 10.1. The van der Waals surface area contributed by atoms with Gasteiger partial charge in [0.2, 0.25) is 10.5 Å². The van der Waals surface area contributed by atoms with Crippen LogP contribution in [-0.4, -0.2) is 20.2 Å².